The molecule has 1 heterocycles. The molecule has 1 N–H and O–H groups in total. The van der Waals surface area contributed by atoms with Gasteiger partial charge >= 0.3 is 0 Å². The second-order valence-electron chi connectivity index (χ2n) is 4.08. The van der Waals surface area contributed by atoms with Crippen LogP contribution in [-0.2, 0) is 9.47 Å². The number of aromatic nitrogens is 2. The van der Waals surface area contributed by atoms with E-state index >= 15 is 0 Å². The minimum absolute atomic E-state index is 0.436. The highest BCUT2D eigenvalue weighted by Crippen LogP contribution is 2.29. The SMILES string of the molecule is CCOC(OCC)c1cc(-c2ccc(Cl)c(Cl)c2)n[nH]1. The molecule has 1 aromatic heterocycles. The number of rotatable bonds is 6. The predicted molar refractivity (Wildman–Crippen MR) is 80.0 cm³/mol. The van der Waals surface area contributed by atoms with Gasteiger partial charge in [0, 0.05) is 18.8 Å². The fraction of sp³-hybridized carbons (Fsp3) is 0.357. The number of halogens is 2. The van der Waals surface area contributed by atoms with Crippen LogP contribution in [0.5, 0.6) is 0 Å². The summed E-state index contributed by atoms with van der Waals surface area (Å²) in [4.78, 5) is 0. The minimum Gasteiger partial charge on any atom is -0.347 e. The van der Waals surface area contributed by atoms with E-state index in [9.17, 15) is 0 Å². The lowest BCUT2D eigenvalue weighted by Gasteiger charge is -2.14. The second-order valence-corrected chi connectivity index (χ2v) is 4.89. The van der Waals surface area contributed by atoms with Crippen molar-refractivity contribution in [1.82, 2.24) is 10.2 Å². The van der Waals surface area contributed by atoms with Crippen molar-refractivity contribution in [1.29, 1.82) is 0 Å². The van der Waals surface area contributed by atoms with Crippen LogP contribution in [0.15, 0.2) is 24.3 Å². The van der Waals surface area contributed by atoms with Gasteiger partial charge in [-0.25, -0.2) is 0 Å². The van der Waals surface area contributed by atoms with Crippen LogP contribution in [0.2, 0.25) is 10.0 Å². The molecule has 0 spiro atoms. The molecule has 0 aliphatic heterocycles. The van der Waals surface area contributed by atoms with Gasteiger partial charge in [0.2, 0.25) is 0 Å². The Kier molecular flexibility index (Phi) is 5.43. The largest absolute Gasteiger partial charge is 0.347 e. The summed E-state index contributed by atoms with van der Waals surface area (Å²) < 4.78 is 11.0. The Morgan fingerprint density at radius 3 is 2.40 bits per heavy atom. The zero-order valence-corrected chi connectivity index (χ0v) is 12.8. The van der Waals surface area contributed by atoms with E-state index in [0.717, 1.165) is 17.0 Å². The van der Waals surface area contributed by atoms with Gasteiger partial charge in [0.1, 0.15) is 0 Å². The summed E-state index contributed by atoms with van der Waals surface area (Å²) in [6, 6.07) is 7.27. The number of nitrogens with one attached hydrogen (secondary N) is 1. The van der Waals surface area contributed by atoms with Crippen LogP contribution in [0.3, 0.4) is 0 Å². The molecule has 4 nitrogen and oxygen atoms in total. The molecule has 2 aromatic rings. The lowest BCUT2D eigenvalue weighted by atomic mass is 10.1. The van der Waals surface area contributed by atoms with Crippen LogP contribution >= 0.6 is 23.2 Å². The van der Waals surface area contributed by atoms with Gasteiger partial charge in [-0.15, -0.1) is 0 Å². The van der Waals surface area contributed by atoms with Gasteiger partial charge < -0.3 is 9.47 Å². The van der Waals surface area contributed by atoms with Crippen molar-refractivity contribution >= 4 is 23.2 Å². The van der Waals surface area contributed by atoms with Crippen LogP contribution in [0.4, 0.5) is 0 Å². The molecule has 0 saturated carbocycles. The molecule has 2 rings (SSSR count). The maximum atomic E-state index is 6.01. The van der Waals surface area contributed by atoms with Crippen LogP contribution in [0.1, 0.15) is 25.8 Å². The third-order valence-electron chi connectivity index (χ3n) is 2.70. The van der Waals surface area contributed by atoms with E-state index in [4.69, 9.17) is 32.7 Å². The number of hydrogen-bond donors (Lipinski definition) is 1. The van der Waals surface area contributed by atoms with Crippen LogP contribution < -0.4 is 0 Å². The number of nitrogens with zero attached hydrogens (tertiary/aromatic N) is 1. The molecule has 20 heavy (non-hydrogen) atoms. The smallest absolute Gasteiger partial charge is 0.200 e. The maximum Gasteiger partial charge on any atom is 0.200 e. The molecule has 0 aliphatic rings. The minimum atomic E-state index is -0.436. The number of ether oxygens (including phenoxy) is 2. The van der Waals surface area contributed by atoms with Crippen molar-refractivity contribution in [3.63, 3.8) is 0 Å². The Labute approximate surface area is 128 Å². The van der Waals surface area contributed by atoms with Gasteiger partial charge in [-0.05, 0) is 32.0 Å². The number of hydrogen-bond acceptors (Lipinski definition) is 3. The van der Waals surface area contributed by atoms with Crippen LogP contribution in [0, 0.1) is 0 Å². The Morgan fingerprint density at radius 2 is 1.80 bits per heavy atom. The first kappa shape index (κ1) is 15.3. The molecule has 0 aliphatic carbocycles. The summed E-state index contributed by atoms with van der Waals surface area (Å²) in [5, 5.41) is 8.21. The fourth-order valence-corrected chi connectivity index (χ4v) is 2.09. The summed E-state index contributed by atoms with van der Waals surface area (Å²) in [6.07, 6.45) is -0.436. The molecule has 0 saturated heterocycles. The maximum absolute atomic E-state index is 6.01. The van der Waals surface area contributed by atoms with Crippen LogP contribution in [0.25, 0.3) is 11.3 Å². The summed E-state index contributed by atoms with van der Waals surface area (Å²) >= 11 is 11.9. The van der Waals surface area contributed by atoms with Crippen molar-refractivity contribution in [3.8, 4) is 11.3 Å². The number of benzene rings is 1. The molecule has 0 radical (unpaired) electrons. The van der Waals surface area contributed by atoms with Crippen molar-refractivity contribution in [2.24, 2.45) is 0 Å². The van der Waals surface area contributed by atoms with Crippen LogP contribution in [-0.4, -0.2) is 23.4 Å². The Balaban J connectivity index is 2.24. The van der Waals surface area contributed by atoms with E-state index in [1.165, 1.54) is 0 Å². The number of H-pyrrole nitrogens is 1. The summed E-state index contributed by atoms with van der Waals surface area (Å²) in [5.41, 5.74) is 2.42. The summed E-state index contributed by atoms with van der Waals surface area (Å²) in [7, 11) is 0. The first-order chi connectivity index (χ1) is 9.65. The van der Waals surface area contributed by atoms with Gasteiger partial charge in [-0.3, -0.25) is 5.10 Å². The quantitative estimate of drug-likeness (QED) is 0.801. The van der Waals surface area contributed by atoms with E-state index in [-0.39, 0.29) is 0 Å². The predicted octanol–water partition coefficient (Wildman–Crippen LogP) is 4.46. The third-order valence-corrected chi connectivity index (χ3v) is 3.44. The van der Waals surface area contributed by atoms with E-state index in [1.54, 1.807) is 12.1 Å². The highest BCUT2D eigenvalue weighted by Gasteiger charge is 2.15. The van der Waals surface area contributed by atoms with Gasteiger partial charge in [0.05, 0.1) is 21.4 Å². The molecule has 0 unspecified atom stereocenters. The molecule has 0 bridgehead atoms. The zero-order valence-electron chi connectivity index (χ0n) is 11.3. The van der Waals surface area contributed by atoms with E-state index in [2.05, 4.69) is 10.2 Å². The first-order valence-electron chi connectivity index (χ1n) is 6.39. The Bertz CT molecular complexity index is 566. The van der Waals surface area contributed by atoms with Gasteiger partial charge in [-0.1, -0.05) is 29.3 Å². The third kappa shape index (κ3) is 3.52. The monoisotopic (exact) mass is 314 g/mol. The Hall–Kier alpha value is -1.07. The molecule has 108 valence electrons. The van der Waals surface area contributed by atoms with Crippen molar-refractivity contribution in [2.45, 2.75) is 20.1 Å². The highest BCUT2D eigenvalue weighted by molar-refractivity contribution is 6.42. The second kappa shape index (κ2) is 7.09. The molecular weight excluding hydrogens is 299 g/mol. The molecular formula is C14H16Cl2N2O2. The first-order valence-corrected chi connectivity index (χ1v) is 7.15. The van der Waals surface area contributed by atoms with Crippen molar-refractivity contribution in [3.05, 3.63) is 40.0 Å². The molecule has 1 aromatic carbocycles. The van der Waals surface area contributed by atoms with E-state index < -0.39 is 6.29 Å². The highest BCUT2D eigenvalue weighted by atomic mass is 35.5. The van der Waals surface area contributed by atoms with Crippen molar-refractivity contribution in [2.75, 3.05) is 13.2 Å². The fourth-order valence-electron chi connectivity index (χ4n) is 1.79. The average molecular weight is 315 g/mol. The van der Waals surface area contributed by atoms with E-state index in [1.807, 2.05) is 26.0 Å². The number of aromatic amines is 1. The molecule has 6 heteroatoms. The summed E-state index contributed by atoms with van der Waals surface area (Å²) in [5.74, 6) is 0. The lowest BCUT2D eigenvalue weighted by Crippen LogP contribution is -2.09. The molecule has 0 amide bonds. The average Bonchev–Trinajstić information content (AvgIpc) is 2.91. The van der Waals surface area contributed by atoms with Gasteiger partial charge in [0.25, 0.3) is 0 Å². The zero-order chi connectivity index (χ0) is 14.5. The Morgan fingerprint density at radius 1 is 1.10 bits per heavy atom. The topological polar surface area (TPSA) is 47.1 Å². The summed E-state index contributed by atoms with van der Waals surface area (Å²) in [6.45, 7) is 4.96. The normalized spacial score (nSPS) is 11.2. The van der Waals surface area contributed by atoms with E-state index in [0.29, 0.717) is 23.3 Å². The van der Waals surface area contributed by atoms with Gasteiger partial charge in [0.15, 0.2) is 6.29 Å². The van der Waals surface area contributed by atoms with Crippen molar-refractivity contribution < 1.29 is 9.47 Å². The van der Waals surface area contributed by atoms with Gasteiger partial charge in [-0.2, -0.15) is 5.10 Å². The molecule has 0 fully saturated rings. The standard InChI is InChI=1S/C14H16Cl2N2O2/c1-3-19-14(20-4-2)13-8-12(17-18-13)9-5-6-10(15)11(16)7-9/h5-8,14H,3-4H2,1-2H3,(H,17,18). The lowest BCUT2D eigenvalue weighted by molar-refractivity contribution is -0.142. The molecule has 0 atom stereocenters.